The first-order valence-electron chi connectivity index (χ1n) is 7.22. The maximum atomic E-state index is 5.66. The standard InChI is InChI=1S/C17H23N3/c1-12(2)14-4-6-15(7-5-14)16-8-9-19-17(20-16)10-13(3)11-18/h4-9,12-13H,10-11,18H2,1-3H3. The van der Waals surface area contributed by atoms with Gasteiger partial charge in [-0.25, -0.2) is 9.97 Å². The molecular weight excluding hydrogens is 246 g/mol. The van der Waals surface area contributed by atoms with Crippen LogP contribution in [0.25, 0.3) is 11.3 Å². The third kappa shape index (κ3) is 3.64. The van der Waals surface area contributed by atoms with Crippen molar-refractivity contribution in [2.24, 2.45) is 11.7 Å². The van der Waals surface area contributed by atoms with Crippen LogP contribution in [-0.4, -0.2) is 16.5 Å². The Labute approximate surface area is 121 Å². The van der Waals surface area contributed by atoms with Crippen LogP contribution in [0.2, 0.25) is 0 Å². The highest BCUT2D eigenvalue weighted by Crippen LogP contribution is 2.21. The van der Waals surface area contributed by atoms with Gasteiger partial charge in [-0.1, -0.05) is 45.0 Å². The molecule has 0 spiro atoms. The van der Waals surface area contributed by atoms with Gasteiger partial charge in [0, 0.05) is 18.2 Å². The number of nitrogens with two attached hydrogens (primary N) is 1. The highest BCUT2D eigenvalue weighted by molar-refractivity contribution is 5.59. The summed E-state index contributed by atoms with van der Waals surface area (Å²) in [6.45, 7) is 7.18. The number of hydrogen-bond donors (Lipinski definition) is 1. The maximum absolute atomic E-state index is 5.66. The Morgan fingerprint density at radius 1 is 1.05 bits per heavy atom. The van der Waals surface area contributed by atoms with Crippen LogP contribution in [-0.2, 0) is 6.42 Å². The molecule has 20 heavy (non-hydrogen) atoms. The van der Waals surface area contributed by atoms with Crippen molar-refractivity contribution in [3.63, 3.8) is 0 Å². The van der Waals surface area contributed by atoms with Gasteiger partial charge >= 0.3 is 0 Å². The van der Waals surface area contributed by atoms with Crippen LogP contribution in [0.5, 0.6) is 0 Å². The Morgan fingerprint density at radius 2 is 1.75 bits per heavy atom. The van der Waals surface area contributed by atoms with Crippen molar-refractivity contribution in [1.82, 2.24) is 9.97 Å². The lowest BCUT2D eigenvalue weighted by molar-refractivity contribution is 0.574. The first-order valence-corrected chi connectivity index (χ1v) is 7.22. The fraction of sp³-hybridized carbons (Fsp3) is 0.412. The minimum absolute atomic E-state index is 0.411. The smallest absolute Gasteiger partial charge is 0.129 e. The van der Waals surface area contributed by atoms with E-state index in [4.69, 9.17) is 5.73 Å². The zero-order chi connectivity index (χ0) is 14.5. The molecule has 0 amide bonds. The van der Waals surface area contributed by atoms with Crippen molar-refractivity contribution in [3.8, 4) is 11.3 Å². The molecule has 2 N–H and O–H groups in total. The Hall–Kier alpha value is -1.74. The average molecular weight is 269 g/mol. The predicted octanol–water partition coefficient (Wildman–Crippen LogP) is 3.40. The molecule has 1 aromatic carbocycles. The van der Waals surface area contributed by atoms with E-state index >= 15 is 0 Å². The molecule has 3 nitrogen and oxygen atoms in total. The molecule has 0 aliphatic carbocycles. The largest absolute Gasteiger partial charge is 0.330 e. The summed E-state index contributed by atoms with van der Waals surface area (Å²) in [4.78, 5) is 8.97. The van der Waals surface area contributed by atoms with Crippen LogP contribution < -0.4 is 5.73 Å². The van der Waals surface area contributed by atoms with Gasteiger partial charge in [-0.05, 0) is 30.0 Å². The van der Waals surface area contributed by atoms with Crippen molar-refractivity contribution in [1.29, 1.82) is 0 Å². The first kappa shape index (κ1) is 14.7. The lowest BCUT2D eigenvalue weighted by Crippen LogP contribution is -2.14. The summed E-state index contributed by atoms with van der Waals surface area (Å²) in [6, 6.07) is 10.6. The van der Waals surface area contributed by atoms with Crippen molar-refractivity contribution < 1.29 is 0 Å². The molecule has 0 aliphatic heterocycles. The molecule has 0 saturated heterocycles. The minimum Gasteiger partial charge on any atom is -0.330 e. The van der Waals surface area contributed by atoms with Gasteiger partial charge in [0.2, 0.25) is 0 Å². The van der Waals surface area contributed by atoms with Gasteiger partial charge in [-0.2, -0.15) is 0 Å². The minimum atomic E-state index is 0.411. The van der Waals surface area contributed by atoms with E-state index in [2.05, 4.69) is 55.0 Å². The summed E-state index contributed by atoms with van der Waals surface area (Å²) in [5, 5.41) is 0. The fourth-order valence-electron chi connectivity index (χ4n) is 2.09. The Balaban J connectivity index is 2.22. The van der Waals surface area contributed by atoms with E-state index in [0.29, 0.717) is 18.4 Å². The lowest BCUT2D eigenvalue weighted by Gasteiger charge is -2.09. The third-order valence-electron chi connectivity index (χ3n) is 3.51. The number of hydrogen-bond acceptors (Lipinski definition) is 3. The van der Waals surface area contributed by atoms with Crippen LogP contribution in [0.15, 0.2) is 36.5 Å². The molecule has 3 heteroatoms. The van der Waals surface area contributed by atoms with Gasteiger partial charge in [-0.15, -0.1) is 0 Å². The van der Waals surface area contributed by atoms with Crippen LogP contribution in [0.1, 0.15) is 38.1 Å². The third-order valence-corrected chi connectivity index (χ3v) is 3.51. The molecule has 0 aliphatic rings. The molecule has 1 aromatic heterocycles. The highest BCUT2D eigenvalue weighted by Gasteiger charge is 2.07. The molecule has 2 rings (SSSR count). The van der Waals surface area contributed by atoms with Crippen LogP contribution >= 0.6 is 0 Å². The van der Waals surface area contributed by atoms with Crippen molar-refractivity contribution in [2.75, 3.05) is 6.54 Å². The van der Waals surface area contributed by atoms with Gasteiger partial charge in [0.15, 0.2) is 0 Å². The van der Waals surface area contributed by atoms with Gasteiger partial charge < -0.3 is 5.73 Å². The number of rotatable bonds is 5. The second kappa shape index (κ2) is 6.62. The van der Waals surface area contributed by atoms with Gasteiger partial charge in [0.25, 0.3) is 0 Å². The Bertz CT molecular complexity index is 546. The topological polar surface area (TPSA) is 51.8 Å². The normalized spacial score (nSPS) is 12.7. The molecule has 0 radical (unpaired) electrons. The van der Waals surface area contributed by atoms with Gasteiger partial charge in [0.1, 0.15) is 5.82 Å². The van der Waals surface area contributed by atoms with Crippen LogP contribution in [0.3, 0.4) is 0 Å². The van der Waals surface area contributed by atoms with Gasteiger partial charge in [-0.3, -0.25) is 0 Å². The van der Waals surface area contributed by atoms with E-state index in [1.54, 1.807) is 0 Å². The summed E-state index contributed by atoms with van der Waals surface area (Å²) in [6.07, 6.45) is 2.66. The Kier molecular flexibility index (Phi) is 4.85. The molecule has 0 bridgehead atoms. The highest BCUT2D eigenvalue weighted by atomic mass is 14.9. The molecule has 106 valence electrons. The van der Waals surface area contributed by atoms with E-state index in [1.807, 2.05) is 12.3 Å². The number of benzene rings is 1. The monoisotopic (exact) mass is 269 g/mol. The second-order valence-electron chi connectivity index (χ2n) is 5.68. The molecule has 0 fully saturated rings. The van der Waals surface area contributed by atoms with E-state index in [0.717, 1.165) is 23.5 Å². The van der Waals surface area contributed by atoms with E-state index < -0.39 is 0 Å². The summed E-state index contributed by atoms with van der Waals surface area (Å²) in [5.41, 5.74) is 9.12. The van der Waals surface area contributed by atoms with E-state index in [1.165, 1.54) is 5.56 Å². The Morgan fingerprint density at radius 3 is 2.35 bits per heavy atom. The summed E-state index contributed by atoms with van der Waals surface area (Å²) >= 11 is 0. The quantitative estimate of drug-likeness (QED) is 0.905. The van der Waals surface area contributed by atoms with E-state index in [9.17, 15) is 0 Å². The fourth-order valence-corrected chi connectivity index (χ4v) is 2.09. The summed E-state index contributed by atoms with van der Waals surface area (Å²) in [7, 11) is 0. The molecular formula is C17H23N3. The molecule has 1 heterocycles. The molecule has 2 aromatic rings. The first-order chi connectivity index (χ1) is 9.60. The second-order valence-corrected chi connectivity index (χ2v) is 5.68. The molecule has 0 saturated carbocycles. The zero-order valence-electron chi connectivity index (χ0n) is 12.5. The lowest BCUT2D eigenvalue weighted by atomic mass is 10.0. The van der Waals surface area contributed by atoms with Gasteiger partial charge in [0.05, 0.1) is 5.69 Å². The summed E-state index contributed by atoms with van der Waals surface area (Å²) in [5.74, 6) is 1.83. The van der Waals surface area contributed by atoms with Crippen molar-refractivity contribution in [3.05, 3.63) is 47.9 Å². The number of aromatic nitrogens is 2. The molecule has 1 atom stereocenters. The number of nitrogens with zero attached hydrogens (tertiary/aromatic N) is 2. The average Bonchev–Trinajstić information content (AvgIpc) is 2.47. The summed E-state index contributed by atoms with van der Waals surface area (Å²) < 4.78 is 0. The van der Waals surface area contributed by atoms with E-state index in [-0.39, 0.29) is 0 Å². The van der Waals surface area contributed by atoms with Crippen LogP contribution in [0, 0.1) is 5.92 Å². The molecule has 1 unspecified atom stereocenters. The van der Waals surface area contributed by atoms with Crippen molar-refractivity contribution in [2.45, 2.75) is 33.1 Å². The maximum Gasteiger partial charge on any atom is 0.129 e. The van der Waals surface area contributed by atoms with Crippen LogP contribution in [0.4, 0.5) is 0 Å². The SMILES string of the molecule is CC(CN)Cc1nccc(-c2ccc(C(C)C)cc2)n1. The predicted molar refractivity (Wildman–Crippen MR) is 83.5 cm³/mol. The van der Waals surface area contributed by atoms with Crippen molar-refractivity contribution >= 4 is 0 Å². The zero-order valence-corrected chi connectivity index (χ0v) is 12.5.